The van der Waals surface area contributed by atoms with Crippen LogP contribution in [0.4, 0.5) is 8.78 Å². The first-order valence-corrected chi connectivity index (χ1v) is 5.10. The highest BCUT2D eigenvalue weighted by molar-refractivity contribution is 9.09. The van der Waals surface area contributed by atoms with E-state index in [1.807, 2.05) is 0 Å². The number of phenolic OH excluding ortho intramolecular Hbond substituents is 1. The van der Waals surface area contributed by atoms with Crippen molar-refractivity contribution >= 4 is 21.7 Å². The van der Waals surface area contributed by atoms with E-state index in [4.69, 9.17) is 0 Å². The number of ketones is 1. The quantitative estimate of drug-likeness (QED) is 0.861. The van der Waals surface area contributed by atoms with Crippen molar-refractivity contribution in [3.05, 3.63) is 29.3 Å². The smallest absolute Gasteiger partial charge is 0.263 e. The minimum Gasteiger partial charge on any atom is -0.508 e. The molecule has 0 fully saturated rings. The molecule has 0 aliphatic carbocycles. The molecule has 0 spiro atoms. The molecule has 1 atom stereocenters. The summed E-state index contributed by atoms with van der Waals surface area (Å²) in [5, 5.41) is 9.21. The predicted molar refractivity (Wildman–Crippen MR) is 55.4 cm³/mol. The van der Waals surface area contributed by atoms with Crippen LogP contribution in [0.3, 0.4) is 0 Å². The van der Waals surface area contributed by atoms with E-state index in [9.17, 15) is 18.7 Å². The molecule has 1 N–H and O–H groups in total. The highest BCUT2D eigenvalue weighted by atomic mass is 79.9. The van der Waals surface area contributed by atoms with Gasteiger partial charge in [0.2, 0.25) is 0 Å². The van der Waals surface area contributed by atoms with Crippen LogP contribution in [0.15, 0.2) is 18.2 Å². The summed E-state index contributed by atoms with van der Waals surface area (Å²) in [5.74, 6) is -0.477. The number of halogens is 3. The van der Waals surface area contributed by atoms with Crippen LogP contribution in [0.5, 0.6) is 5.75 Å². The van der Waals surface area contributed by atoms with Gasteiger partial charge in [-0.05, 0) is 30.7 Å². The Kier molecular flexibility index (Phi) is 3.79. The van der Waals surface area contributed by atoms with Gasteiger partial charge in [0, 0.05) is 5.56 Å². The molecule has 0 radical (unpaired) electrons. The number of alkyl halides is 3. The number of benzene rings is 1. The zero-order valence-electron chi connectivity index (χ0n) is 7.88. The summed E-state index contributed by atoms with van der Waals surface area (Å²) in [6.07, 6.45) is -2.66. The van der Waals surface area contributed by atoms with Gasteiger partial charge in [0.1, 0.15) is 11.5 Å². The molecule has 0 aliphatic rings. The van der Waals surface area contributed by atoms with Gasteiger partial charge in [-0.2, -0.15) is 0 Å². The fraction of sp³-hybridized carbons (Fsp3) is 0.300. The molecule has 1 rings (SSSR count). The van der Waals surface area contributed by atoms with Crippen molar-refractivity contribution in [3.63, 3.8) is 0 Å². The van der Waals surface area contributed by atoms with Crippen molar-refractivity contribution in [1.82, 2.24) is 0 Å². The number of Topliss-reactive ketones (excluding diaryl/α,β-unsaturated/α-hetero) is 1. The first kappa shape index (κ1) is 12.1. The average Bonchev–Trinajstić information content (AvgIpc) is 2.15. The summed E-state index contributed by atoms with van der Waals surface area (Å²) >= 11 is 3.06. The number of rotatable bonds is 3. The van der Waals surface area contributed by atoms with E-state index in [0.717, 1.165) is 6.07 Å². The number of carbonyl (C=O) groups is 1. The number of carbonyl (C=O) groups excluding carboxylic acids is 1. The molecular formula is C10H9BrF2O2. The van der Waals surface area contributed by atoms with Crippen LogP contribution >= 0.6 is 15.9 Å². The van der Waals surface area contributed by atoms with Gasteiger partial charge >= 0.3 is 0 Å². The topological polar surface area (TPSA) is 37.3 Å². The van der Waals surface area contributed by atoms with E-state index in [1.54, 1.807) is 0 Å². The Hall–Kier alpha value is -0.970. The van der Waals surface area contributed by atoms with Gasteiger partial charge in [-0.3, -0.25) is 4.79 Å². The Bertz CT molecular complexity index is 380. The van der Waals surface area contributed by atoms with Crippen molar-refractivity contribution in [3.8, 4) is 5.75 Å². The standard InChI is InChI=1S/C10H9BrF2O2/c1-5(14)9(11)6-2-7(10(12)13)4-8(15)3-6/h2-4,9-10,15H,1H3. The molecule has 1 unspecified atom stereocenters. The van der Waals surface area contributed by atoms with Gasteiger partial charge in [0.05, 0.1) is 4.83 Å². The molecule has 5 heteroatoms. The lowest BCUT2D eigenvalue weighted by Gasteiger charge is -2.09. The highest BCUT2D eigenvalue weighted by Gasteiger charge is 2.16. The van der Waals surface area contributed by atoms with E-state index >= 15 is 0 Å². The van der Waals surface area contributed by atoms with Crippen molar-refractivity contribution in [2.75, 3.05) is 0 Å². The lowest BCUT2D eigenvalue weighted by Crippen LogP contribution is -2.01. The first-order valence-electron chi connectivity index (χ1n) is 4.18. The van der Waals surface area contributed by atoms with Crippen LogP contribution in [0.25, 0.3) is 0 Å². The predicted octanol–water partition coefficient (Wildman–Crippen LogP) is 3.35. The van der Waals surface area contributed by atoms with Crippen LogP contribution in [0, 0.1) is 0 Å². The van der Waals surface area contributed by atoms with Gasteiger partial charge in [-0.25, -0.2) is 8.78 Å². The summed E-state index contributed by atoms with van der Waals surface area (Å²) in [7, 11) is 0. The van der Waals surface area contributed by atoms with Gasteiger partial charge in [0.25, 0.3) is 6.43 Å². The van der Waals surface area contributed by atoms with Gasteiger partial charge in [-0.1, -0.05) is 15.9 Å². The number of aromatic hydroxyl groups is 1. The molecule has 1 aromatic carbocycles. The average molecular weight is 279 g/mol. The van der Waals surface area contributed by atoms with Crippen molar-refractivity contribution in [2.24, 2.45) is 0 Å². The second-order valence-electron chi connectivity index (χ2n) is 3.13. The van der Waals surface area contributed by atoms with Crippen LogP contribution in [0.1, 0.15) is 29.3 Å². The van der Waals surface area contributed by atoms with Crippen molar-refractivity contribution < 1.29 is 18.7 Å². The molecule has 1 aromatic rings. The zero-order chi connectivity index (χ0) is 11.6. The molecule has 0 heterocycles. The Morgan fingerprint density at radius 3 is 2.33 bits per heavy atom. The Morgan fingerprint density at radius 2 is 1.87 bits per heavy atom. The third-order valence-corrected chi connectivity index (χ3v) is 3.04. The van der Waals surface area contributed by atoms with Crippen LogP contribution in [-0.4, -0.2) is 10.9 Å². The molecule has 82 valence electrons. The van der Waals surface area contributed by atoms with E-state index in [2.05, 4.69) is 15.9 Å². The third kappa shape index (κ3) is 2.99. The van der Waals surface area contributed by atoms with E-state index < -0.39 is 11.3 Å². The SMILES string of the molecule is CC(=O)C(Br)c1cc(O)cc(C(F)F)c1. The third-order valence-electron chi connectivity index (χ3n) is 1.86. The number of hydrogen-bond acceptors (Lipinski definition) is 2. The molecule has 2 nitrogen and oxygen atoms in total. The maximum absolute atomic E-state index is 12.4. The van der Waals surface area contributed by atoms with E-state index in [-0.39, 0.29) is 17.1 Å². The molecule has 15 heavy (non-hydrogen) atoms. The van der Waals surface area contributed by atoms with Crippen molar-refractivity contribution in [1.29, 1.82) is 0 Å². The second kappa shape index (κ2) is 4.70. The minimum absolute atomic E-state index is 0.208. The molecule has 0 aromatic heterocycles. The molecule has 0 saturated heterocycles. The maximum Gasteiger partial charge on any atom is 0.263 e. The largest absolute Gasteiger partial charge is 0.508 e. The monoisotopic (exact) mass is 278 g/mol. The van der Waals surface area contributed by atoms with Gasteiger partial charge in [0.15, 0.2) is 0 Å². The van der Waals surface area contributed by atoms with Gasteiger partial charge in [-0.15, -0.1) is 0 Å². The summed E-state index contributed by atoms with van der Waals surface area (Å²) in [4.78, 5) is 10.4. The number of phenols is 1. The summed E-state index contributed by atoms with van der Waals surface area (Å²) in [5.41, 5.74) is 0.0356. The number of hydrogen-bond donors (Lipinski definition) is 1. The molecule has 0 saturated carbocycles. The summed E-state index contributed by atoms with van der Waals surface area (Å²) < 4.78 is 24.8. The summed E-state index contributed by atoms with van der Waals surface area (Å²) in [6, 6.07) is 3.46. The minimum atomic E-state index is -2.66. The fourth-order valence-corrected chi connectivity index (χ4v) is 1.43. The second-order valence-corrected chi connectivity index (χ2v) is 4.05. The lowest BCUT2D eigenvalue weighted by molar-refractivity contribution is -0.116. The molecular weight excluding hydrogens is 270 g/mol. The maximum atomic E-state index is 12.4. The molecule has 0 aliphatic heterocycles. The van der Waals surface area contributed by atoms with E-state index in [1.165, 1.54) is 19.1 Å². The Balaban J connectivity index is 3.14. The van der Waals surface area contributed by atoms with Crippen LogP contribution < -0.4 is 0 Å². The van der Waals surface area contributed by atoms with Gasteiger partial charge < -0.3 is 5.11 Å². The van der Waals surface area contributed by atoms with Crippen LogP contribution in [0.2, 0.25) is 0 Å². The fourth-order valence-electron chi connectivity index (χ4n) is 1.17. The normalized spacial score (nSPS) is 12.9. The summed E-state index contributed by atoms with van der Waals surface area (Å²) in [6.45, 7) is 1.34. The highest BCUT2D eigenvalue weighted by Crippen LogP contribution is 2.31. The lowest BCUT2D eigenvalue weighted by atomic mass is 10.1. The van der Waals surface area contributed by atoms with Crippen molar-refractivity contribution in [2.45, 2.75) is 18.2 Å². The molecule has 0 bridgehead atoms. The zero-order valence-corrected chi connectivity index (χ0v) is 9.46. The Morgan fingerprint density at radius 1 is 1.33 bits per heavy atom. The molecule has 0 amide bonds. The first-order chi connectivity index (χ1) is 6.91. The van der Waals surface area contributed by atoms with Crippen LogP contribution in [-0.2, 0) is 4.79 Å². The van der Waals surface area contributed by atoms with E-state index in [0.29, 0.717) is 5.56 Å². The Labute approximate surface area is 94.0 Å².